The van der Waals surface area contributed by atoms with Gasteiger partial charge in [0, 0.05) is 26.2 Å². The molecule has 9 heteroatoms. The summed E-state index contributed by atoms with van der Waals surface area (Å²) in [5, 5.41) is 10.4. The van der Waals surface area contributed by atoms with Gasteiger partial charge in [0.05, 0.1) is 28.9 Å². The summed E-state index contributed by atoms with van der Waals surface area (Å²) in [6.07, 6.45) is 1.70. The second kappa shape index (κ2) is 14.5. The molecule has 1 saturated heterocycles. The van der Waals surface area contributed by atoms with Crippen molar-refractivity contribution in [2.75, 3.05) is 33.3 Å². The fraction of sp³-hybridized carbons (Fsp3) is 0.179. The van der Waals surface area contributed by atoms with Gasteiger partial charge >= 0.3 is 5.97 Å². The first-order valence-corrected chi connectivity index (χ1v) is 16.5. The highest BCUT2D eigenvalue weighted by molar-refractivity contribution is 7.07. The lowest BCUT2D eigenvalue weighted by Crippen LogP contribution is -2.50. The molecule has 1 amide bonds. The van der Waals surface area contributed by atoms with Gasteiger partial charge in [-0.05, 0) is 54.0 Å². The summed E-state index contributed by atoms with van der Waals surface area (Å²) in [5.74, 6) is -0.853. The maximum atomic E-state index is 14.1. The molecule has 240 valence electrons. The number of hydrogen-bond acceptors (Lipinski definition) is 7. The summed E-state index contributed by atoms with van der Waals surface area (Å²) >= 11 is 1.11. The molecule has 1 fully saturated rings. The molecular weight excluding hydrogens is 621 g/mol. The Hall–Kier alpha value is -5.56. The Kier molecular flexibility index (Phi) is 9.76. The molecule has 0 aliphatic carbocycles. The molecule has 4 aromatic carbocycles. The first kappa shape index (κ1) is 32.4. The Balaban J connectivity index is 1.36. The highest BCUT2D eigenvalue weighted by atomic mass is 32.1. The molecule has 48 heavy (non-hydrogen) atoms. The third-order valence-electron chi connectivity index (χ3n) is 8.48. The van der Waals surface area contributed by atoms with Gasteiger partial charge in [-0.2, -0.15) is 5.26 Å². The fourth-order valence-corrected chi connectivity index (χ4v) is 7.07. The molecule has 1 aliphatic rings. The largest absolute Gasteiger partial charge is 0.465 e. The van der Waals surface area contributed by atoms with Crippen LogP contribution in [-0.2, 0) is 9.53 Å². The lowest BCUT2D eigenvalue weighted by molar-refractivity contribution is -0.126. The zero-order valence-corrected chi connectivity index (χ0v) is 27.5. The minimum absolute atomic E-state index is 0.0351. The number of aromatic nitrogens is 1. The highest BCUT2D eigenvalue weighted by Crippen LogP contribution is 2.29. The standard InChI is InChI=1S/C39H34N4O4S/c1-27-13-19-32(20-14-27)43-37(45)34(25-28-15-17-31(18-16-28)39(46)47-2)48-38(43)33(26-40)36(44)42-23-21-41(22-24-42)35(29-9-5-3-6-10-29)30-11-7-4-8-12-30/h3-20,25,35H,21-24H2,1-2H3/b34-25+,38-33+. The fourth-order valence-electron chi connectivity index (χ4n) is 5.98. The molecule has 0 saturated carbocycles. The van der Waals surface area contributed by atoms with E-state index in [0.29, 0.717) is 47.5 Å². The van der Waals surface area contributed by atoms with Gasteiger partial charge in [-0.25, -0.2) is 4.79 Å². The summed E-state index contributed by atoms with van der Waals surface area (Å²) in [5.41, 5.74) is 4.61. The second-order valence-electron chi connectivity index (χ2n) is 11.5. The third-order valence-corrected chi connectivity index (χ3v) is 9.57. The molecule has 0 bridgehead atoms. The molecule has 0 atom stereocenters. The van der Waals surface area contributed by atoms with Crippen LogP contribution in [0, 0.1) is 18.3 Å². The predicted molar refractivity (Wildman–Crippen MR) is 187 cm³/mol. The van der Waals surface area contributed by atoms with Gasteiger partial charge in [0.25, 0.3) is 11.5 Å². The van der Waals surface area contributed by atoms with Crippen molar-refractivity contribution in [2.45, 2.75) is 13.0 Å². The van der Waals surface area contributed by atoms with Gasteiger partial charge in [0.1, 0.15) is 10.7 Å². The Labute approximate surface area is 282 Å². The van der Waals surface area contributed by atoms with Crippen LogP contribution >= 0.6 is 11.3 Å². The molecule has 8 nitrogen and oxygen atoms in total. The van der Waals surface area contributed by atoms with E-state index in [-0.39, 0.29) is 21.8 Å². The number of carbonyl (C=O) groups is 2. The molecule has 0 spiro atoms. The SMILES string of the molecule is COC(=O)c1ccc(/C=c2/s/c(=C(\C#N)C(=O)N3CCN(C(c4ccccc4)c4ccccc4)CC3)n(-c3ccc(C)cc3)c2=O)cc1. The maximum absolute atomic E-state index is 14.1. The monoisotopic (exact) mass is 654 g/mol. The molecule has 2 heterocycles. The van der Waals surface area contributed by atoms with Gasteiger partial charge in [-0.3, -0.25) is 19.1 Å². The summed E-state index contributed by atoms with van der Waals surface area (Å²) in [6.45, 7) is 4.07. The minimum Gasteiger partial charge on any atom is -0.465 e. The normalized spacial score (nSPS) is 14.5. The summed E-state index contributed by atoms with van der Waals surface area (Å²) in [4.78, 5) is 44.0. The number of amides is 1. The molecular formula is C39H34N4O4S. The van der Waals surface area contributed by atoms with Gasteiger partial charge < -0.3 is 9.64 Å². The number of rotatable bonds is 7. The quantitative estimate of drug-likeness (QED) is 0.241. The van der Waals surface area contributed by atoms with Crippen molar-refractivity contribution in [1.29, 1.82) is 5.26 Å². The van der Waals surface area contributed by atoms with Crippen molar-refractivity contribution in [3.8, 4) is 11.8 Å². The van der Waals surface area contributed by atoms with Crippen LogP contribution in [0.3, 0.4) is 0 Å². The zero-order chi connectivity index (χ0) is 33.6. The average molecular weight is 655 g/mol. The molecule has 5 aromatic rings. The summed E-state index contributed by atoms with van der Waals surface area (Å²) in [6, 6.07) is 37.0. The van der Waals surface area contributed by atoms with Crippen molar-refractivity contribution < 1.29 is 14.3 Å². The number of benzene rings is 4. The van der Waals surface area contributed by atoms with E-state index in [1.165, 1.54) is 22.8 Å². The van der Waals surface area contributed by atoms with E-state index in [2.05, 4.69) is 35.2 Å². The van der Waals surface area contributed by atoms with E-state index >= 15 is 0 Å². The van der Waals surface area contributed by atoms with E-state index in [1.807, 2.05) is 67.6 Å². The predicted octanol–water partition coefficient (Wildman–Crippen LogP) is 4.43. The Bertz CT molecular complexity index is 2100. The lowest BCUT2D eigenvalue weighted by atomic mass is 9.96. The van der Waals surface area contributed by atoms with Crippen LogP contribution in [0.5, 0.6) is 0 Å². The number of thiazole rings is 1. The first-order valence-electron chi connectivity index (χ1n) is 15.6. The number of carbonyl (C=O) groups excluding carboxylic acids is 2. The smallest absolute Gasteiger partial charge is 0.337 e. The van der Waals surface area contributed by atoms with Crippen molar-refractivity contribution in [1.82, 2.24) is 14.4 Å². The number of ether oxygens (including phenoxy) is 1. The van der Waals surface area contributed by atoms with Crippen LogP contribution in [-0.4, -0.2) is 59.5 Å². The molecule has 0 radical (unpaired) electrons. The van der Waals surface area contributed by atoms with Crippen LogP contribution in [0.4, 0.5) is 0 Å². The summed E-state index contributed by atoms with van der Waals surface area (Å²) in [7, 11) is 1.32. The third kappa shape index (κ3) is 6.76. The first-order chi connectivity index (χ1) is 23.4. The zero-order valence-electron chi connectivity index (χ0n) is 26.7. The van der Waals surface area contributed by atoms with Gasteiger partial charge in [0.15, 0.2) is 5.57 Å². The second-order valence-corrected chi connectivity index (χ2v) is 12.6. The van der Waals surface area contributed by atoms with E-state index < -0.39 is 11.9 Å². The van der Waals surface area contributed by atoms with E-state index in [9.17, 15) is 19.6 Å². The van der Waals surface area contributed by atoms with Crippen molar-refractivity contribution in [3.63, 3.8) is 0 Å². The number of aryl methyl sites for hydroxylation is 1. The Morgan fingerprint density at radius 3 is 1.96 bits per heavy atom. The molecule has 1 aromatic heterocycles. The molecule has 6 rings (SSSR count). The minimum atomic E-state index is -0.454. The van der Waals surface area contributed by atoms with E-state index in [1.54, 1.807) is 35.2 Å². The number of piperazine rings is 1. The topological polar surface area (TPSA) is 95.6 Å². The molecule has 0 unspecified atom stereocenters. The van der Waals surface area contributed by atoms with Crippen LogP contribution in [0.15, 0.2) is 114 Å². The highest BCUT2D eigenvalue weighted by Gasteiger charge is 2.30. The number of hydrogen-bond donors (Lipinski definition) is 0. The van der Waals surface area contributed by atoms with Gasteiger partial charge in [-0.15, -0.1) is 11.3 Å². The number of nitriles is 1. The Morgan fingerprint density at radius 2 is 1.42 bits per heavy atom. The lowest BCUT2D eigenvalue weighted by Gasteiger charge is -2.39. The van der Waals surface area contributed by atoms with Gasteiger partial charge in [-0.1, -0.05) is 90.5 Å². The van der Waals surface area contributed by atoms with Crippen LogP contribution in [0.25, 0.3) is 17.3 Å². The Morgan fingerprint density at radius 1 is 0.833 bits per heavy atom. The van der Waals surface area contributed by atoms with E-state index in [0.717, 1.165) is 16.9 Å². The number of methoxy groups -OCH3 is 1. The maximum Gasteiger partial charge on any atom is 0.337 e. The van der Waals surface area contributed by atoms with Crippen LogP contribution in [0.1, 0.15) is 38.7 Å². The van der Waals surface area contributed by atoms with Gasteiger partial charge in [0.2, 0.25) is 0 Å². The van der Waals surface area contributed by atoms with Crippen LogP contribution in [0.2, 0.25) is 0 Å². The summed E-state index contributed by atoms with van der Waals surface area (Å²) < 4.78 is 6.87. The number of nitrogens with zero attached hydrogens (tertiary/aromatic N) is 4. The van der Waals surface area contributed by atoms with Crippen LogP contribution < -0.4 is 14.8 Å². The van der Waals surface area contributed by atoms with Crippen molar-refractivity contribution in [3.05, 3.63) is 157 Å². The molecule has 0 N–H and O–H groups in total. The number of esters is 1. The average Bonchev–Trinajstić information content (AvgIpc) is 3.44. The van der Waals surface area contributed by atoms with Crippen molar-refractivity contribution >= 4 is 34.9 Å². The van der Waals surface area contributed by atoms with E-state index in [4.69, 9.17) is 4.74 Å². The van der Waals surface area contributed by atoms with Crippen molar-refractivity contribution in [2.24, 2.45) is 0 Å². The molecule has 1 aliphatic heterocycles.